The highest BCUT2D eigenvalue weighted by Crippen LogP contribution is 2.33. The first kappa shape index (κ1) is 20.1. The number of aromatic amines is 1. The summed E-state index contributed by atoms with van der Waals surface area (Å²) in [5.74, 6) is 1.57. The van der Waals surface area contributed by atoms with Crippen LogP contribution >= 0.6 is 11.8 Å². The number of H-pyrrole nitrogens is 1. The molecule has 0 saturated heterocycles. The van der Waals surface area contributed by atoms with E-state index in [-0.39, 0.29) is 11.7 Å². The van der Waals surface area contributed by atoms with Gasteiger partial charge in [-0.3, -0.25) is 9.36 Å². The maximum absolute atomic E-state index is 12.4. The van der Waals surface area contributed by atoms with E-state index in [2.05, 4.69) is 39.6 Å². The van der Waals surface area contributed by atoms with Crippen LogP contribution in [0.15, 0.2) is 82.7 Å². The maximum atomic E-state index is 12.4. The van der Waals surface area contributed by atoms with Crippen LogP contribution in [0, 0.1) is 6.92 Å². The Morgan fingerprint density at radius 2 is 1.94 bits per heavy atom. The Labute approximate surface area is 188 Å². The second-order valence-corrected chi connectivity index (χ2v) is 8.26. The number of hydrogen-bond donors (Lipinski definition) is 2. The number of nitrogens with one attached hydrogen (secondary N) is 2. The minimum absolute atomic E-state index is 0.0978. The van der Waals surface area contributed by atoms with E-state index in [0.29, 0.717) is 17.5 Å². The zero-order valence-electron chi connectivity index (χ0n) is 17.4. The number of furan rings is 1. The van der Waals surface area contributed by atoms with Crippen LogP contribution in [0.1, 0.15) is 11.3 Å². The molecule has 7 nitrogen and oxygen atoms in total. The lowest BCUT2D eigenvalue weighted by Gasteiger charge is -2.12. The van der Waals surface area contributed by atoms with Gasteiger partial charge in [0, 0.05) is 22.7 Å². The Kier molecular flexibility index (Phi) is 5.51. The van der Waals surface area contributed by atoms with E-state index >= 15 is 0 Å². The zero-order valence-corrected chi connectivity index (χ0v) is 18.2. The van der Waals surface area contributed by atoms with Crippen molar-refractivity contribution < 1.29 is 9.21 Å². The third-order valence-corrected chi connectivity index (χ3v) is 6.12. The number of aryl methyl sites for hydroxylation is 1. The van der Waals surface area contributed by atoms with Crippen molar-refractivity contribution in [2.45, 2.75) is 18.6 Å². The van der Waals surface area contributed by atoms with Crippen LogP contribution in [-0.4, -0.2) is 31.4 Å². The summed E-state index contributed by atoms with van der Waals surface area (Å²) in [5, 5.41) is 13.6. The number of carbonyl (C=O) groups is 1. The van der Waals surface area contributed by atoms with E-state index < -0.39 is 0 Å². The first-order valence-electron chi connectivity index (χ1n) is 10.2. The lowest BCUT2D eigenvalue weighted by Crippen LogP contribution is -2.24. The molecule has 0 atom stereocenters. The highest BCUT2D eigenvalue weighted by Gasteiger charge is 2.20. The predicted octanol–water partition coefficient (Wildman–Crippen LogP) is 4.73. The molecule has 0 spiro atoms. The summed E-state index contributed by atoms with van der Waals surface area (Å²) in [5.41, 5.74) is 4.08. The van der Waals surface area contributed by atoms with E-state index in [1.165, 1.54) is 11.8 Å². The molecule has 0 aliphatic carbocycles. The van der Waals surface area contributed by atoms with Gasteiger partial charge >= 0.3 is 0 Å². The molecule has 32 heavy (non-hydrogen) atoms. The summed E-state index contributed by atoms with van der Waals surface area (Å²) >= 11 is 1.36. The number of carbonyl (C=O) groups excluding carboxylic acids is 1. The Morgan fingerprint density at radius 1 is 1.09 bits per heavy atom. The highest BCUT2D eigenvalue weighted by molar-refractivity contribution is 7.99. The van der Waals surface area contributed by atoms with Crippen molar-refractivity contribution >= 4 is 28.6 Å². The van der Waals surface area contributed by atoms with Crippen molar-refractivity contribution in [3.8, 4) is 17.1 Å². The van der Waals surface area contributed by atoms with Gasteiger partial charge in [-0.25, -0.2) is 0 Å². The number of amides is 1. The number of benzene rings is 2. The van der Waals surface area contributed by atoms with Crippen LogP contribution in [-0.2, 0) is 11.3 Å². The minimum Gasteiger partial charge on any atom is -0.467 e. The van der Waals surface area contributed by atoms with Gasteiger partial charge in [0.2, 0.25) is 5.91 Å². The largest absolute Gasteiger partial charge is 0.467 e. The van der Waals surface area contributed by atoms with Crippen molar-refractivity contribution in [3.05, 3.63) is 84.4 Å². The Hall–Kier alpha value is -3.78. The van der Waals surface area contributed by atoms with Gasteiger partial charge in [0.15, 0.2) is 11.0 Å². The number of hydrogen-bond acceptors (Lipinski definition) is 5. The SMILES string of the molecule is Cc1ccccc1-n1c(SCC(=O)NCc2ccco2)nnc1-c1c[nH]c2ccccc12. The van der Waals surface area contributed by atoms with E-state index in [1.807, 2.05) is 53.2 Å². The monoisotopic (exact) mass is 443 g/mol. The molecule has 0 fully saturated rings. The second kappa shape index (κ2) is 8.76. The molecular formula is C24H21N5O2S. The summed E-state index contributed by atoms with van der Waals surface area (Å²) in [4.78, 5) is 15.7. The predicted molar refractivity (Wildman–Crippen MR) is 125 cm³/mol. The quantitative estimate of drug-likeness (QED) is 0.355. The van der Waals surface area contributed by atoms with Gasteiger partial charge in [0.1, 0.15) is 5.76 Å². The van der Waals surface area contributed by atoms with Crippen LogP contribution in [0.5, 0.6) is 0 Å². The molecule has 2 N–H and O–H groups in total. The molecule has 0 bridgehead atoms. The topological polar surface area (TPSA) is 88.7 Å². The van der Waals surface area contributed by atoms with Crippen molar-refractivity contribution in [1.82, 2.24) is 25.1 Å². The second-order valence-electron chi connectivity index (χ2n) is 7.32. The molecule has 3 aromatic heterocycles. The molecule has 0 unspecified atom stereocenters. The summed E-state index contributed by atoms with van der Waals surface area (Å²) in [6.45, 7) is 2.41. The molecule has 0 radical (unpaired) electrons. The Morgan fingerprint density at radius 3 is 2.78 bits per heavy atom. The number of nitrogens with zero attached hydrogens (tertiary/aromatic N) is 3. The average molecular weight is 444 g/mol. The van der Waals surface area contributed by atoms with E-state index in [4.69, 9.17) is 4.42 Å². The molecule has 1 amide bonds. The van der Waals surface area contributed by atoms with Crippen molar-refractivity contribution in [2.24, 2.45) is 0 Å². The molecule has 0 aliphatic heterocycles. The van der Waals surface area contributed by atoms with Crippen molar-refractivity contribution in [1.29, 1.82) is 0 Å². The summed E-state index contributed by atoms with van der Waals surface area (Å²) in [6.07, 6.45) is 3.54. The fourth-order valence-corrected chi connectivity index (χ4v) is 4.38. The van der Waals surface area contributed by atoms with Crippen molar-refractivity contribution in [3.63, 3.8) is 0 Å². The molecule has 0 aliphatic rings. The standard InChI is InChI=1S/C24H21N5O2S/c1-16-7-2-5-11-21(16)29-23(19-14-25-20-10-4-3-9-18(19)20)27-28-24(29)32-15-22(30)26-13-17-8-6-12-31-17/h2-12,14,25H,13,15H2,1H3,(H,26,30). The lowest BCUT2D eigenvalue weighted by molar-refractivity contribution is -0.118. The molecule has 2 aromatic carbocycles. The van der Waals surface area contributed by atoms with E-state index in [1.54, 1.807) is 12.3 Å². The lowest BCUT2D eigenvalue weighted by atomic mass is 10.1. The highest BCUT2D eigenvalue weighted by atomic mass is 32.2. The molecule has 5 rings (SSSR count). The van der Waals surface area contributed by atoms with Gasteiger partial charge < -0.3 is 14.7 Å². The third-order valence-electron chi connectivity index (χ3n) is 5.19. The minimum atomic E-state index is -0.0978. The van der Waals surface area contributed by atoms with Crippen molar-refractivity contribution in [2.75, 3.05) is 5.75 Å². The van der Waals surface area contributed by atoms with E-state index in [0.717, 1.165) is 33.5 Å². The molecule has 8 heteroatoms. The van der Waals surface area contributed by atoms with Gasteiger partial charge in [0.25, 0.3) is 0 Å². The van der Waals surface area contributed by atoms with E-state index in [9.17, 15) is 4.79 Å². The van der Waals surface area contributed by atoms with Gasteiger partial charge in [-0.1, -0.05) is 48.2 Å². The van der Waals surface area contributed by atoms with Gasteiger partial charge in [-0.15, -0.1) is 10.2 Å². The Balaban J connectivity index is 1.46. The summed E-state index contributed by atoms with van der Waals surface area (Å²) < 4.78 is 7.29. The zero-order chi connectivity index (χ0) is 21.9. The van der Waals surface area contributed by atoms with Crippen LogP contribution in [0.4, 0.5) is 0 Å². The number of aromatic nitrogens is 4. The Bertz CT molecular complexity index is 1370. The molecular weight excluding hydrogens is 422 g/mol. The number of fused-ring (bicyclic) bond motifs is 1. The number of thioether (sulfide) groups is 1. The maximum Gasteiger partial charge on any atom is 0.230 e. The number of rotatable bonds is 7. The number of para-hydroxylation sites is 2. The molecule has 160 valence electrons. The van der Waals surface area contributed by atoms with Crippen LogP contribution in [0.25, 0.3) is 28.0 Å². The van der Waals surface area contributed by atoms with Gasteiger partial charge in [-0.2, -0.15) is 0 Å². The first-order valence-corrected chi connectivity index (χ1v) is 11.2. The molecule has 3 heterocycles. The fraction of sp³-hybridized carbons (Fsp3) is 0.125. The third kappa shape index (κ3) is 3.92. The van der Waals surface area contributed by atoms with Gasteiger partial charge in [0.05, 0.1) is 24.2 Å². The average Bonchev–Trinajstić information content (AvgIpc) is 3.56. The smallest absolute Gasteiger partial charge is 0.230 e. The summed E-state index contributed by atoms with van der Waals surface area (Å²) in [6, 6.07) is 19.8. The van der Waals surface area contributed by atoms with Crippen LogP contribution in [0.2, 0.25) is 0 Å². The van der Waals surface area contributed by atoms with Crippen LogP contribution in [0.3, 0.4) is 0 Å². The first-order chi connectivity index (χ1) is 15.7. The fourth-order valence-electron chi connectivity index (χ4n) is 3.61. The summed E-state index contributed by atoms with van der Waals surface area (Å²) in [7, 11) is 0. The normalized spacial score (nSPS) is 11.2. The molecule has 0 saturated carbocycles. The van der Waals surface area contributed by atoms with Crippen LogP contribution < -0.4 is 5.32 Å². The molecule has 5 aromatic rings. The van der Waals surface area contributed by atoms with Gasteiger partial charge in [-0.05, 0) is 36.8 Å².